The number of nitrogens with zero attached hydrogens (tertiary/aromatic N) is 3. The summed E-state index contributed by atoms with van der Waals surface area (Å²) in [4.78, 5) is 16.6. The molecule has 0 aliphatic carbocycles. The number of hydrogen-bond acceptors (Lipinski definition) is 5. The van der Waals surface area contributed by atoms with E-state index in [2.05, 4.69) is 4.98 Å². The highest BCUT2D eigenvalue weighted by atomic mass is 32.2. The van der Waals surface area contributed by atoms with Gasteiger partial charge in [0, 0.05) is 6.20 Å². The zero-order valence-electron chi connectivity index (χ0n) is 14.0. The summed E-state index contributed by atoms with van der Waals surface area (Å²) in [7, 11) is 0. The minimum absolute atomic E-state index is 0.0460. The highest BCUT2D eigenvalue weighted by Gasteiger charge is 2.16. The fraction of sp³-hybridized carbons (Fsp3) is 0.294. The molecule has 2 heterocycles. The minimum atomic E-state index is -0.332. The first kappa shape index (κ1) is 17.3. The molecule has 0 radical (unpaired) electrons. The fourth-order valence-electron chi connectivity index (χ4n) is 2.48. The van der Waals surface area contributed by atoms with Crippen LogP contribution >= 0.6 is 12.3 Å². The van der Waals surface area contributed by atoms with Gasteiger partial charge in [-0.3, -0.25) is 4.79 Å². The first-order valence-corrected chi connectivity index (χ1v) is 8.55. The standard InChI is InChI=1S/C17H19FN4O2S/c1-11(2)10-24-14-7-3-6-13-16(14)20-15(22(13)25-18)9-21-8-4-5-12(19)17(21)23/h3-8,11H,9-10,19H2,1-2H3. The summed E-state index contributed by atoms with van der Waals surface area (Å²) in [5, 5.41) is 0. The van der Waals surface area contributed by atoms with Gasteiger partial charge in [-0.2, -0.15) is 0 Å². The number of aromatic nitrogens is 3. The second kappa shape index (κ2) is 7.18. The molecule has 0 atom stereocenters. The van der Waals surface area contributed by atoms with Crippen molar-refractivity contribution < 1.29 is 8.62 Å². The Morgan fingerprint density at radius 1 is 1.32 bits per heavy atom. The lowest BCUT2D eigenvalue weighted by Gasteiger charge is -2.08. The first-order chi connectivity index (χ1) is 12.0. The molecule has 0 amide bonds. The van der Waals surface area contributed by atoms with Crippen LogP contribution in [0.3, 0.4) is 0 Å². The van der Waals surface area contributed by atoms with E-state index in [1.165, 1.54) is 14.6 Å². The van der Waals surface area contributed by atoms with Gasteiger partial charge < -0.3 is 15.0 Å². The number of imidazole rings is 1. The number of hydrogen-bond donors (Lipinski definition) is 1. The average molecular weight is 362 g/mol. The third-order valence-electron chi connectivity index (χ3n) is 3.67. The second-order valence-corrected chi connectivity index (χ2v) is 6.62. The molecule has 25 heavy (non-hydrogen) atoms. The van der Waals surface area contributed by atoms with Crippen molar-refractivity contribution in [2.45, 2.75) is 20.4 Å². The average Bonchev–Trinajstić information content (AvgIpc) is 2.94. The molecule has 0 aliphatic rings. The van der Waals surface area contributed by atoms with Crippen LogP contribution in [0.25, 0.3) is 11.0 Å². The van der Waals surface area contributed by atoms with E-state index in [-0.39, 0.29) is 30.1 Å². The zero-order valence-corrected chi connectivity index (χ0v) is 14.8. The smallest absolute Gasteiger partial charge is 0.274 e. The van der Waals surface area contributed by atoms with E-state index in [0.717, 1.165) is 0 Å². The first-order valence-electron chi connectivity index (χ1n) is 7.88. The zero-order chi connectivity index (χ0) is 18.0. The maximum Gasteiger partial charge on any atom is 0.274 e. The summed E-state index contributed by atoms with van der Waals surface area (Å²) in [6, 6.07) is 8.57. The number of fused-ring (bicyclic) bond motifs is 1. The number of nitrogens with two attached hydrogens (primary N) is 1. The molecule has 0 spiro atoms. The van der Waals surface area contributed by atoms with E-state index < -0.39 is 0 Å². The summed E-state index contributed by atoms with van der Waals surface area (Å²) in [5.74, 6) is 1.36. The summed E-state index contributed by atoms with van der Waals surface area (Å²) < 4.78 is 22.1. The van der Waals surface area contributed by atoms with Crippen LogP contribution in [-0.2, 0) is 6.54 Å². The Bertz CT molecular complexity index is 951. The van der Waals surface area contributed by atoms with Gasteiger partial charge in [0.15, 0.2) is 12.3 Å². The van der Waals surface area contributed by atoms with E-state index in [1.54, 1.807) is 30.5 Å². The molecule has 0 saturated carbocycles. The van der Waals surface area contributed by atoms with Crippen molar-refractivity contribution >= 4 is 29.1 Å². The Morgan fingerprint density at radius 2 is 2.12 bits per heavy atom. The van der Waals surface area contributed by atoms with Crippen LogP contribution in [0.5, 0.6) is 5.75 Å². The number of rotatable bonds is 6. The molecule has 3 rings (SSSR count). The van der Waals surface area contributed by atoms with Gasteiger partial charge in [0.1, 0.15) is 17.1 Å². The van der Waals surface area contributed by atoms with Crippen LogP contribution in [0.1, 0.15) is 19.7 Å². The Balaban J connectivity index is 2.05. The second-order valence-electron chi connectivity index (χ2n) is 6.12. The fourth-order valence-corrected chi connectivity index (χ4v) is 2.88. The van der Waals surface area contributed by atoms with Crippen LogP contribution in [0, 0.1) is 5.92 Å². The molecular weight excluding hydrogens is 343 g/mol. The highest BCUT2D eigenvalue weighted by Crippen LogP contribution is 2.30. The molecule has 0 unspecified atom stereocenters. The Kier molecular flexibility index (Phi) is 4.98. The molecule has 0 saturated heterocycles. The number of benzene rings is 1. The largest absolute Gasteiger partial charge is 0.491 e. The molecule has 3 aromatic rings. The van der Waals surface area contributed by atoms with E-state index in [9.17, 15) is 8.68 Å². The van der Waals surface area contributed by atoms with Crippen molar-refractivity contribution in [2.24, 2.45) is 5.92 Å². The molecule has 0 aliphatic heterocycles. The predicted molar refractivity (Wildman–Crippen MR) is 98.4 cm³/mol. The van der Waals surface area contributed by atoms with Crippen LogP contribution in [0.4, 0.5) is 9.57 Å². The van der Waals surface area contributed by atoms with Gasteiger partial charge in [-0.05, 0) is 30.2 Å². The summed E-state index contributed by atoms with van der Waals surface area (Å²) in [5.41, 5.74) is 6.63. The van der Waals surface area contributed by atoms with Crippen molar-refractivity contribution in [2.75, 3.05) is 12.3 Å². The van der Waals surface area contributed by atoms with Crippen molar-refractivity contribution in [3.05, 3.63) is 52.7 Å². The number of nitrogen functional groups attached to an aromatic ring is 1. The van der Waals surface area contributed by atoms with Gasteiger partial charge in [0.05, 0.1) is 24.4 Å². The topological polar surface area (TPSA) is 75.1 Å². The van der Waals surface area contributed by atoms with E-state index in [4.69, 9.17) is 10.5 Å². The number of ether oxygens (including phenoxy) is 1. The Morgan fingerprint density at radius 3 is 2.84 bits per heavy atom. The monoisotopic (exact) mass is 362 g/mol. The van der Waals surface area contributed by atoms with Crippen molar-refractivity contribution in [1.29, 1.82) is 0 Å². The third kappa shape index (κ3) is 3.48. The Hall–Kier alpha value is -2.48. The maximum atomic E-state index is 13.6. The lowest BCUT2D eigenvalue weighted by molar-refractivity contribution is 0.273. The van der Waals surface area contributed by atoms with E-state index in [0.29, 0.717) is 35.1 Å². The molecule has 0 bridgehead atoms. The lowest BCUT2D eigenvalue weighted by atomic mass is 10.2. The van der Waals surface area contributed by atoms with Crippen molar-refractivity contribution in [3.63, 3.8) is 0 Å². The predicted octanol–water partition coefficient (Wildman–Crippen LogP) is 3.24. The number of para-hydroxylation sites is 1. The molecule has 6 nitrogen and oxygen atoms in total. The summed E-state index contributed by atoms with van der Waals surface area (Å²) in [6.45, 7) is 4.75. The summed E-state index contributed by atoms with van der Waals surface area (Å²) >= 11 is 0.0460. The maximum absolute atomic E-state index is 13.6. The lowest BCUT2D eigenvalue weighted by Crippen LogP contribution is -2.23. The molecule has 2 aromatic heterocycles. The van der Waals surface area contributed by atoms with Gasteiger partial charge in [-0.15, -0.1) is 3.89 Å². The molecular formula is C17H19FN4O2S. The van der Waals surface area contributed by atoms with Crippen LogP contribution in [0.15, 0.2) is 41.3 Å². The SMILES string of the molecule is CC(C)COc1cccc2c1nc(Cn1cccc(N)c1=O)n2SF. The van der Waals surface area contributed by atoms with Gasteiger partial charge in [-0.1, -0.05) is 19.9 Å². The third-order valence-corrected chi connectivity index (χ3v) is 4.22. The van der Waals surface area contributed by atoms with Crippen LogP contribution in [0.2, 0.25) is 0 Å². The number of halogens is 1. The number of pyridine rings is 1. The van der Waals surface area contributed by atoms with E-state index >= 15 is 0 Å². The van der Waals surface area contributed by atoms with Crippen molar-refractivity contribution in [1.82, 2.24) is 13.5 Å². The summed E-state index contributed by atoms with van der Waals surface area (Å²) in [6.07, 6.45) is 1.60. The van der Waals surface area contributed by atoms with Crippen LogP contribution in [-0.4, -0.2) is 20.1 Å². The van der Waals surface area contributed by atoms with Crippen LogP contribution < -0.4 is 16.0 Å². The quantitative estimate of drug-likeness (QED) is 0.729. The van der Waals surface area contributed by atoms with Crippen molar-refractivity contribution in [3.8, 4) is 5.75 Å². The van der Waals surface area contributed by atoms with Gasteiger partial charge >= 0.3 is 0 Å². The van der Waals surface area contributed by atoms with Gasteiger partial charge in [0.25, 0.3) is 5.56 Å². The van der Waals surface area contributed by atoms with E-state index in [1.807, 2.05) is 13.8 Å². The normalized spacial score (nSPS) is 11.4. The Labute approximate surface area is 148 Å². The molecule has 0 fully saturated rings. The molecule has 1 aromatic carbocycles. The van der Waals surface area contributed by atoms with Gasteiger partial charge in [0.2, 0.25) is 0 Å². The molecule has 132 valence electrons. The number of anilines is 1. The molecule has 2 N–H and O–H groups in total. The molecule has 8 heteroatoms. The van der Waals surface area contributed by atoms with Gasteiger partial charge in [-0.25, -0.2) is 8.96 Å². The highest BCUT2D eigenvalue weighted by molar-refractivity contribution is 7.92. The minimum Gasteiger partial charge on any atom is -0.491 e.